The van der Waals surface area contributed by atoms with E-state index >= 15 is 0 Å². The second kappa shape index (κ2) is 3.48. The van der Waals surface area contributed by atoms with Gasteiger partial charge in [0.25, 0.3) is 0 Å². The molecule has 0 fully saturated rings. The molecule has 0 aromatic heterocycles. The van der Waals surface area contributed by atoms with Crippen LogP contribution in [0.15, 0.2) is 18.2 Å². The molecule has 0 aliphatic heterocycles. The van der Waals surface area contributed by atoms with Crippen molar-refractivity contribution >= 4 is 0 Å². The molecule has 0 spiro atoms. The highest BCUT2D eigenvalue weighted by Crippen LogP contribution is 2.24. The normalized spacial score (nSPS) is 17.1. The molecule has 1 aliphatic carbocycles. The van der Waals surface area contributed by atoms with Crippen molar-refractivity contribution in [2.75, 3.05) is 6.54 Å². The van der Waals surface area contributed by atoms with Crippen LogP contribution in [0.2, 0.25) is 0 Å². The summed E-state index contributed by atoms with van der Waals surface area (Å²) in [5.41, 5.74) is 15.5. The lowest BCUT2D eigenvalue weighted by molar-refractivity contribution is 0.736. The number of aryl methyl sites for hydroxylation is 2. The van der Waals surface area contributed by atoms with E-state index in [1.54, 1.807) is 0 Å². The van der Waals surface area contributed by atoms with Crippen molar-refractivity contribution in [2.45, 2.75) is 25.3 Å². The molecule has 1 atom stereocenters. The van der Waals surface area contributed by atoms with E-state index in [-0.39, 0.29) is 6.04 Å². The Morgan fingerprint density at radius 2 is 2.00 bits per heavy atom. The Kier molecular flexibility index (Phi) is 2.34. The van der Waals surface area contributed by atoms with Gasteiger partial charge in [-0.1, -0.05) is 18.2 Å². The first-order chi connectivity index (χ1) is 6.31. The van der Waals surface area contributed by atoms with E-state index in [1.165, 1.54) is 36.0 Å². The molecule has 70 valence electrons. The Hall–Kier alpha value is -0.860. The summed E-state index contributed by atoms with van der Waals surface area (Å²) in [5.74, 6) is 0. The number of benzene rings is 1. The van der Waals surface area contributed by atoms with Crippen LogP contribution in [0.5, 0.6) is 0 Å². The Bertz CT molecular complexity index is 307. The highest BCUT2D eigenvalue weighted by molar-refractivity contribution is 5.36. The minimum Gasteiger partial charge on any atom is -0.329 e. The minimum absolute atomic E-state index is 0.00546. The third kappa shape index (κ3) is 1.60. The second-order valence-electron chi connectivity index (χ2n) is 3.72. The van der Waals surface area contributed by atoms with Crippen LogP contribution >= 0.6 is 0 Å². The Balaban J connectivity index is 2.30. The lowest BCUT2D eigenvalue weighted by atomic mass is 10.0. The minimum atomic E-state index is 0.00546. The van der Waals surface area contributed by atoms with Crippen LogP contribution in [-0.2, 0) is 12.8 Å². The monoisotopic (exact) mass is 176 g/mol. The third-order valence-electron chi connectivity index (χ3n) is 2.80. The zero-order valence-electron chi connectivity index (χ0n) is 7.79. The lowest BCUT2D eigenvalue weighted by Gasteiger charge is -2.10. The van der Waals surface area contributed by atoms with Crippen LogP contribution in [0.1, 0.15) is 29.2 Å². The third-order valence-corrected chi connectivity index (χ3v) is 2.80. The first kappa shape index (κ1) is 8.73. The van der Waals surface area contributed by atoms with Crippen molar-refractivity contribution in [1.82, 2.24) is 0 Å². The van der Waals surface area contributed by atoms with Gasteiger partial charge in [0.1, 0.15) is 0 Å². The molecule has 0 heterocycles. The molecular weight excluding hydrogens is 160 g/mol. The predicted molar refractivity (Wildman–Crippen MR) is 54.4 cm³/mol. The lowest BCUT2D eigenvalue weighted by Crippen LogP contribution is -2.20. The summed E-state index contributed by atoms with van der Waals surface area (Å²) in [6.07, 6.45) is 3.73. The molecule has 1 aliphatic rings. The van der Waals surface area contributed by atoms with Gasteiger partial charge in [-0.2, -0.15) is 0 Å². The van der Waals surface area contributed by atoms with Crippen LogP contribution in [0, 0.1) is 0 Å². The van der Waals surface area contributed by atoms with Crippen LogP contribution in [-0.4, -0.2) is 6.54 Å². The van der Waals surface area contributed by atoms with Crippen molar-refractivity contribution in [3.05, 3.63) is 34.9 Å². The number of fused-ring (bicyclic) bond motifs is 1. The van der Waals surface area contributed by atoms with Gasteiger partial charge in [0, 0.05) is 12.6 Å². The van der Waals surface area contributed by atoms with Crippen molar-refractivity contribution in [3.8, 4) is 0 Å². The molecule has 2 nitrogen and oxygen atoms in total. The zero-order chi connectivity index (χ0) is 9.26. The first-order valence-corrected chi connectivity index (χ1v) is 4.88. The van der Waals surface area contributed by atoms with Crippen LogP contribution < -0.4 is 11.5 Å². The molecule has 0 amide bonds. The highest BCUT2D eigenvalue weighted by atomic mass is 14.7. The molecule has 0 saturated heterocycles. The van der Waals surface area contributed by atoms with Crippen molar-refractivity contribution in [1.29, 1.82) is 0 Å². The summed E-state index contributed by atoms with van der Waals surface area (Å²) in [4.78, 5) is 0. The van der Waals surface area contributed by atoms with E-state index in [0.29, 0.717) is 6.54 Å². The van der Waals surface area contributed by atoms with E-state index < -0.39 is 0 Å². The SMILES string of the molecule is NCC(N)c1ccc2c(c1)CCC2. The van der Waals surface area contributed by atoms with Gasteiger partial charge in [-0.15, -0.1) is 0 Å². The van der Waals surface area contributed by atoms with Crippen molar-refractivity contribution in [3.63, 3.8) is 0 Å². The number of hydrogen-bond donors (Lipinski definition) is 2. The van der Waals surface area contributed by atoms with Gasteiger partial charge in [-0.25, -0.2) is 0 Å². The maximum Gasteiger partial charge on any atom is 0.0419 e. The number of hydrogen-bond acceptors (Lipinski definition) is 2. The Labute approximate surface area is 78.9 Å². The van der Waals surface area contributed by atoms with Gasteiger partial charge in [0.2, 0.25) is 0 Å². The van der Waals surface area contributed by atoms with E-state index in [0.717, 1.165) is 0 Å². The van der Waals surface area contributed by atoms with Crippen LogP contribution in [0.25, 0.3) is 0 Å². The van der Waals surface area contributed by atoms with E-state index in [4.69, 9.17) is 11.5 Å². The largest absolute Gasteiger partial charge is 0.329 e. The van der Waals surface area contributed by atoms with Gasteiger partial charge < -0.3 is 11.5 Å². The molecule has 13 heavy (non-hydrogen) atoms. The molecule has 0 saturated carbocycles. The van der Waals surface area contributed by atoms with E-state index in [2.05, 4.69) is 18.2 Å². The van der Waals surface area contributed by atoms with Gasteiger partial charge in [-0.3, -0.25) is 0 Å². The average molecular weight is 176 g/mol. The maximum atomic E-state index is 5.86. The fourth-order valence-electron chi connectivity index (χ4n) is 1.96. The van der Waals surface area contributed by atoms with Gasteiger partial charge in [0.05, 0.1) is 0 Å². The van der Waals surface area contributed by atoms with Gasteiger partial charge in [-0.05, 0) is 36.0 Å². The summed E-state index contributed by atoms with van der Waals surface area (Å²) in [7, 11) is 0. The summed E-state index contributed by atoms with van der Waals surface area (Å²) in [6.45, 7) is 0.527. The fraction of sp³-hybridized carbons (Fsp3) is 0.455. The molecule has 1 aromatic carbocycles. The highest BCUT2D eigenvalue weighted by Gasteiger charge is 2.12. The van der Waals surface area contributed by atoms with Gasteiger partial charge >= 0.3 is 0 Å². The van der Waals surface area contributed by atoms with E-state index in [9.17, 15) is 0 Å². The molecule has 4 N–H and O–H groups in total. The summed E-state index contributed by atoms with van der Waals surface area (Å²) < 4.78 is 0. The molecule has 0 radical (unpaired) electrons. The van der Waals surface area contributed by atoms with Crippen LogP contribution in [0.4, 0.5) is 0 Å². The molecule has 1 unspecified atom stereocenters. The van der Waals surface area contributed by atoms with Crippen molar-refractivity contribution < 1.29 is 0 Å². The summed E-state index contributed by atoms with van der Waals surface area (Å²) in [5, 5.41) is 0. The fourth-order valence-corrected chi connectivity index (χ4v) is 1.96. The Morgan fingerprint density at radius 1 is 1.23 bits per heavy atom. The maximum absolute atomic E-state index is 5.86. The van der Waals surface area contributed by atoms with Gasteiger partial charge in [0.15, 0.2) is 0 Å². The molecule has 0 bridgehead atoms. The Morgan fingerprint density at radius 3 is 2.77 bits per heavy atom. The van der Waals surface area contributed by atoms with E-state index in [1.807, 2.05) is 0 Å². The molecule has 2 heteroatoms. The first-order valence-electron chi connectivity index (χ1n) is 4.88. The molecular formula is C11H16N2. The quantitative estimate of drug-likeness (QED) is 0.709. The van der Waals surface area contributed by atoms with Crippen molar-refractivity contribution in [2.24, 2.45) is 11.5 Å². The number of rotatable bonds is 2. The van der Waals surface area contributed by atoms with Crippen LogP contribution in [0.3, 0.4) is 0 Å². The summed E-state index contributed by atoms with van der Waals surface area (Å²) in [6, 6.07) is 6.54. The molecule has 2 rings (SSSR count). The second-order valence-corrected chi connectivity index (χ2v) is 3.72. The smallest absolute Gasteiger partial charge is 0.0419 e. The zero-order valence-corrected chi connectivity index (χ0v) is 7.79. The molecule has 1 aromatic rings. The standard InChI is InChI=1S/C11H16N2/c12-7-11(13)10-5-4-8-2-1-3-9(8)6-10/h4-6,11H,1-3,7,12-13H2. The predicted octanol–water partition coefficient (Wildman–Crippen LogP) is 1.13. The number of nitrogens with two attached hydrogens (primary N) is 2. The average Bonchev–Trinajstić information content (AvgIpc) is 2.63. The topological polar surface area (TPSA) is 52.0 Å². The summed E-state index contributed by atoms with van der Waals surface area (Å²) >= 11 is 0.